The van der Waals surface area contributed by atoms with E-state index in [2.05, 4.69) is 52.3 Å². The van der Waals surface area contributed by atoms with Crippen LogP contribution in [0.5, 0.6) is 0 Å². The molecule has 0 amide bonds. The Kier molecular flexibility index (Phi) is 4.85. The monoisotopic (exact) mass is 374 g/mol. The molecule has 0 aliphatic heterocycles. The Morgan fingerprint density at radius 1 is 1.39 bits per heavy atom. The van der Waals surface area contributed by atoms with Crippen LogP contribution in [0, 0.1) is 6.92 Å². The fraction of sp³-hybridized carbons (Fsp3) is 0.364. The van der Waals surface area contributed by atoms with Gasteiger partial charge in [0.05, 0.1) is 5.69 Å². The maximum Gasteiger partial charge on any atom is 0.223 e. The van der Waals surface area contributed by atoms with Crippen LogP contribution >= 0.6 is 31.9 Å². The number of hydrogen-bond donors (Lipinski definition) is 1. The molecule has 7 heteroatoms. The second-order valence-electron chi connectivity index (χ2n) is 3.74. The first-order valence-corrected chi connectivity index (χ1v) is 7.03. The van der Waals surface area contributed by atoms with Gasteiger partial charge in [-0.25, -0.2) is 0 Å². The van der Waals surface area contributed by atoms with Gasteiger partial charge in [-0.15, -0.1) is 0 Å². The summed E-state index contributed by atoms with van der Waals surface area (Å²) >= 11 is 6.85. The van der Waals surface area contributed by atoms with Crippen molar-refractivity contribution in [3.05, 3.63) is 38.6 Å². The van der Waals surface area contributed by atoms with E-state index in [0.29, 0.717) is 12.4 Å². The highest BCUT2D eigenvalue weighted by Crippen LogP contribution is 2.19. The zero-order chi connectivity index (χ0) is 13.0. The van der Waals surface area contributed by atoms with Crippen LogP contribution in [0.25, 0.3) is 0 Å². The minimum atomic E-state index is 0.599. The minimum Gasteiger partial charge on any atom is -0.340 e. The van der Waals surface area contributed by atoms with Crippen LogP contribution in [0.2, 0.25) is 0 Å². The Bertz CT molecular complexity index is 530. The highest BCUT2D eigenvalue weighted by Gasteiger charge is 2.04. The number of halogens is 2. The van der Waals surface area contributed by atoms with E-state index in [-0.39, 0.29) is 0 Å². The van der Waals surface area contributed by atoms with Crippen LogP contribution < -0.4 is 5.32 Å². The van der Waals surface area contributed by atoms with Crippen molar-refractivity contribution in [3.8, 4) is 0 Å². The number of aryl methyl sites for hydroxylation is 1. The smallest absolute Gasteiger partial charge is 0.223 e. The van der Waals surface area contributed by atoms with Crippen molar-refractivity contribution in [2.45, 2.75) is 19.9 Å². The first kappa shape index (κ1) is 13.6. The lowest BCUT2D eigenvalue weighted by atomic mass is 10.3. The first-order chi connectivity index (χ1) is 8.65. The molecule has 2 heterocycles. The van der Waals surface area contributed by atoms with E-state index in [9.17, 15) is 0 Å². The van der Waals surface area contributed by atoms with Crippen LogP contribution in [0.4, 0.5) is 0 Å². The molecule has 96 valence electrons. The summed E-state index contributed by atoms with van der Waals surface area (Å²) in [7, 11) is 0. The van der Waals surface area contributed by atoms with Gasteiger partial charge in [-0.05, 0) is 37.9 Å². The molecule has 5 nitrogen and oxygen atoms in total. The van der Waals surface area contributed by atoms with Crippen LogP contribution in [-0.4, -0.2) is 21.7 Å². The summed E-state index contributed by atoms with van der Waals surface area (Å²) in [5.74, 6) is 1.32. The van der Waals surface area contributed by atoms with Crippen molar-refractivity contribution in [1.29, 1.82) is 0 Å². The molecule has 0 spiro atoms. The van der Waals surface area contributed by atoms with Crippen molar-refractivity contribution < 1.29 is 4.52 Å². The molecule has 0 saturated heterocycles. The maximum absolute atomic E-state index is 4.90. The molecule has 2 rings (SSSR count). The predicted octanol–water partition coefficient (Wildman–Crippen LogP) is 2.63. The third-order valence-electron chi connectivity index (χ3n) is 2.27. The quantitative estimate of drug-likeness (QED) is 0.814. The largest absolute Gasteiger partial charge is 0.340 e. The lowest BCUT2D eigenvalue weighted by molar-refractivity contribution is 0.387. The van der Waals surface area contributed by atoms with Crippen LogP contribution in [0.15, 0.2) is 25.7 Å². The molecule has 2 aromatic heterocycles. The highest BCUT2D eigenvalue weighted by molar-refractivity contribution is 9.11. The summed E-state index contributed by atoms with van der Waals surface area (Å²) in [5, 5.41) is 7.12. The molecule has 0 fully saturated rings. The van der Waals surface area contributed by atoms with Gasteiger partial charge >= 0.3 is 0 Å². The Labute approximate surface area is 122 Å². The van der Waals surface area contributed by atoms with Gasteiger partial charge < -0.3 is 9.84 Å². The zero-order valence-corrected chi connectivity index (χ0v) is 13.0. The zero-order valence-electron chi connectivity index (χ0n) is 9.78. The van der Waals surface area contributed by atoms with Gasteiger partial charge in [-0.2, -0.15) is 4.98 Å². The Hall–Kier alpha value is -0.790. The van der Waals surface area contributed by atoms with Gasteiger partial charge in [0.1, 0.15) is 0 Å². The van der Waals surface area contributed by atoms with Crippen molar-refractivity contribution >= 4 is 31.9 Å². The van der Waals surface area contributed by atoms with Gasteiger partial charge in [-0.1, -0.05) is 5.16 Å². The van der Waals surface area contributed by atoms with E-state index in [4.69, 9.17) is 4.52 Å². The molecule has 18 heavy (non-hydrogen) atoms. The van der Waals surface area contributed by atoms with Crippen molar-refractivity contribution in [2.24, 2.45) is 0 Å². The Morgan fingerprint density at radius 3 is 2.89 bits per heavy atom. The molecule has 2 aromatic rings. The minimum absolute atomic E-state index is 0.599. The Balaban J connectivity index is 1.78. The standard InChI is InChI=1S/C11H12Br2N4O/c1-7-16-11(17-18-7)2-3-14-6-10-9(13)4-8(12)5-15-10/h4-5,14H,2-3,6H2,1H3. The van der Waals surface area contributed by atoms with Gasteiger partial charge in [0.25, 0.3) is 0 Å². The number of rotatable bonds is 5. The number of hydrogen-bond acceptors (Lipinski definition) is 5. The van der Waals surface area contributed by atoms with Crippen molar-refractivity contribution in [3.63, 3.8) is 0 Å². The molecule has 0 atom stereocenters. The van der Waals surface area contributed by atoms with Gasteiger partial charge in [0.15, 0.2) is 5.82 Å². The first-order valence-electron chi connectivity index (χ1n) is 5.45. The molecular weight excluding hydrogens is 364 g/mol. The van der Waals surface area contributed by atoms with Gasteiger partial charge in [-0.3, -0.25) is 4.98 Å². The van der Waals surface area contributed by atoms with E-state index in [1.54, 1.807) is 13.1 Å². The molecule has 0 aliphatic carbocycles. The van der Waals surface area contributed by atoms with Gasteiger partial charge in [0.2, 0.25) is 5.89 Å². The normalized spacial score (nSPS) is 10.8. The number of pyridine rings is 1. The SMILES string of the molecule is Cc1nc(CCNCc2ncc(Br)cc2Br)no1. The van der Waals surface area contributed by atoms with Crippen molar-refractivity contribution in [1.82, 2.24) is 20.4 Å². The van der Waals surface area contributed by atoms with Crippen LogP contribution in [0.1, 0.15) is 17.4 Å². The molecule has 0 aliphatic rings. The number of nitrogens with one attached hydrogen (secondary N) is 1. The van der Waals surface area contributed by atoms with Crippen molar-refractivity contribution in [2.75, 3.05) is 6.54 Å². The van der Waals surface area contributed by atoms with E-state index in [1.165, 1.54) is 0 Å². The maximum atomic E-state index is 4.90. The molecule has 0 bridgehead atoms. The summed E-state index contributed by atoms with van der Waals surface area (Å²) in [5.41, 5.74) is 0.975. The lowest BCUT2D eigenvalue weighted by Gasteiger charge is -2.05. The summed E-state index contributed by atoms with van der Waals surface area (Å²) in [4.78, 5) is 8.46. The van der Waals surface area contributed by atoms with E-state index >= 15 is 0 Å². The second kappa shape index (κ2) is 6.40. The van der Waals surface area contributed by atoms with Gasteiger partial charge in [0, 0.05) is 41.6 Å². The fourth-order valence-corrected chi connectivity index (χ4v) is 2.55. The third-order valence-corrected chi connectivity index (χ3v) is 3.39. The molecule has 1 N–H and O–H groups in total. The molecular formula is C11H12Br2N4O. The molecule has 0 aromatic carbocycles. The average molecular weight is 376 g/mol. The van der Waals surface area contributed by atoms with Crippen LogP contribution in [-0.2, 0) is 13.0 Å². The lowest BCUT2D eigenvalue weighted by Crippen LogP contribution is -2.18. The van der Waals surface area contributed by atoms with Crippen LogP contribution in [0.3, 0.4) is 0 Å². The molecule has 0 saturated carbocycles. The fourth-order valence-electron chi connectivity index (χ4n) is 1.42. The molecule has 0 unspecified atom stereocenters. The topological polar surface area (TPSA) is 63.8 Å². The average Bonchev–Trinajstić information content (AvgIpc) is 2.73. The van der Waals surface area contributed by atoms with E-state index in [1.807, 2.05) is 6.07 Å². The highest BCUT2D eigenvalue weighted by atomic mass is 79.9. The number of nitrogens with zero attached hydrogens (tertiary/aromatic N) is 3. The third kappa shape index (κ3) is 3.86. The number of aromatic nitrogens is 3. The molecule has 0 radical (unpaired) electrons. The summed E-state index contributed by atoms with van der Waals surface area (Å²) in [6.07, 6.45) is 2.52. The summed E-state index contributed by atoms with van der Waals surface area (Å²) < 4.78 is 6.84. The summed E-state index contributed by atoms with van der Waals surface area (Å²) in [6, 6.07) is 1.98. The van der Waals surface area contributed by atoms with E-state index in [0.717, 1.165) is 33.4 Å². The summed E-state index contributed by atoms with van der Waals surface area (Å²) in [6.45, 7) is 3.26. The van der Waals surface area contributed by atoms with E-state index < -0.39 is 0 Å². The second-order valence-corrected chi connectivity index (χ2v) is 5.51. The predicted molar refractivity (Wildman–Crippen MR) is 74.1 cm³/mol. The Morgan fingerprint density at radius 2 is 2.22 bits per heavy atom.